The molecule has 0 amide bonds. The summed E-state index contributed by atoms with van der Waals surface area (Å²) in [4.78, 5) is 19.0. The van der Waals surface area contributed by atoms with E-state index in [-0.39, 0.29) is 12.0 Å². The van der Waals surface area contributed by atoms with Gasteiger partial charge in [0.05, 0.1) is 19.3 Å². The van der Waals surface area contributed by atoms with Crippen LogP contribution in [0, 0.1) is 5.41 Å². The van der Waals surface area contributed by atoms with Crippen molar-refractivity contribution in [2.45, 2.75) is 39.6 Å². The molecule has 3 aromatic carbocycles. The van der Waals surface area contributed by atoms with Gasteiger partial charge < -0.3 is 23.7 Å². The minimum Gasteiger partial charge on any atom is -0.405 e. The van der Waals surface area contributed by atoms with Gasteiger partial charge in [0.2, 0.25) is 9.04 Å². The van der Waals surface area contributed by atoms with Crippen LogP contribution in [0.3, 0.4) is 0 Å². The van der Waals surface area contributed by atoms with E-state index in [0.29, 0.717) is 6.61 Å². The lowest BCUT2D eigenvalue weighted by Crippen LogP contribution is -2.54. The first-order chi connectivity index (χ1) is 16.6. The maximum absolute atomic E-state index is 11.7. The average molecular weight is 515 g/mol. The number of hydrogen-bond donors (Lipinski definition) is 2. The van der Waals surface area contributed by atoms with Gasteiger partial charge in [-0.3, -0.25) is 4.57 Å². The third kappa shape index (κ3) is 9.13. The summed E-state index contributed by atoms with van der Waals surface area (Å²) in [6, 6.07) is 30.0. The smallest absolute Gasteiger partial charge is 0.350 e. The van der Waals surface area contributed by atoms with Gasteiger partial charge >= 0.3 is 7.60 Å². The number of rotatable bonds is 12. The van der Waals surface area contributed by atoms with E-state index in [2.05, 4.69) is 24.3 Å². The van der Waals surface area contributed by atoms with Gasteiger partial charge in [-0.1, -0.05) is 112 Å². The SMILES string of the molecule is CC(C)(C)C(O[SiH](c1ccccc1)c1ccccc1)[C@H](COCc1ccccc1)OCP(=O)(O)O. The topological polar surface area (TPSA) is 85.2 Å². The molecule has 0 aliphatic heterocycles. The maximum Gasteiger partial charge on any atom is 0.350 e. The summed E-state index contributed by atoms with van der Waals surface area (Å²) < 4.78 is 30.4. The van der Waals surface area contributed by atoms with E-state index in [9.17, 15) is 14.4 Å². The summed E-state index contributed by atoms with van der Waals surface area (Å²) in [5.41, 5.74) is 0.625. The van der Waals surface area contributed by atoms with Crippen LogP contribution in [-0.4, -0.2) is 44.0 Å². The van der Waals surface area contributed by atoms with Crippen molar-refractivity contribution >= 4 is 27.0 Å². The molecule has 2 atom stereocenters. The Hall–Kier alpha value is -2.09. The number of hydrogen-bond acceptors (Lipinski definition) is 4. The fraction of sp³-hybridized carbons (Fsp3) is 0.333. The fourth-order valence-corrected chi connectivity index (χ4v) is 6.99. The Labute approximate surface area is 209 Å². The number of benzene rings is 3. The van der Waals surface area contributed by atoms with Crippen molar-refractivity contribution < 1.29 is 28.3 Å². The van der Waals surface area contributed by atoms with Gasteiger partial charge in [0.15, 0.2) is 0 Å². The van der Waals surface area contributed by atoms with Crippen LogP contribution in [0.25, 0.3) is 0 Å². The van der Waals surface area contributed by atoms with E-state index in [1.165, 1.54) is 0 Å². The lowest BCUT2D eigenvalue weighted by Gasteiger charge is -2.39. The van der Waals surface area contributed by atoms with Gasteiger partial charge in [-0.15, -0.1) is 0 Å². The van der Waals surface area contributed by atoms with Gasteiger partial charge in [0.25, 0.3) is 0 Å². The molecule has 0 saturated carbocycles. The molecular formula is C27H35O6PSi. The van der Waals surface area contributed by atoms with E-state index >= 15 is 0 Å². The first-order valence-electron chi connectivity index (χ1n) is 11.7. The van der Waals surface area contributed by atoms with Crippen LogP contribution in [0.1, 0.15) is 26.3 Å². The van der Waals surface area contributed by atoms with Crippen molar-refractivity contribution in [1.29, 1.82) is 0 Å². The Bertz CT molecular complexity index is 1010. The Morgan fingerprint density at radius 3 is 1.77 bits per heavy atom. The lowest BCUT2D eigenvalue weighted by atomic mass is 9.86. The molecule has 8 heteroatoms. The van der Waals surface area contributed by atoms with Crippen LogP contribution in [0.4, 0.5) is 0 Å². The Balaban J connectivity index is 1.88. The largest absolute Gasteiger partial charge is 0.405 e. The summed E-state index contributed by atoms with van der Waals surface area (Å²) in [5.74, 6) is 0. The van der Waals surface area contributed by atoms with Crippen LogP contribution < -0.4 is 10.4 Å². The summed E-state index contributed by atoms with van der Waals surface area (Å²) in [6.45, 7) is 6.64. The molecule has 0 saturated heterocycles. The third-order valence-corrected chi connectivity index (χ3v) is 8.56. The highest BCUT2D eigenvalue weighted by Crippen LogP contribution is 2.36. The molecule has 0 aliphatic rings. The van der Waals surface area contributed by atoms with Crippen LogP contribution in [-0.2, 0) is 25.1 Å². The summed E-state index contributed by atoms with van der Waals surface area (Å²) in [6.07, 6.45) is -1.83. The van der Waals surface area contributed by atoms with Crippen molar-refractivity contribution in [2.75, 3.05) is 13.0 Å². The molecule has 0 aliphatic carbocycles. The Kier molecular flexibility index (Phi) is 10.0. The third-order valence-electron chi connectivity index (χ3n) is 5.53. The van der Waals surface area contributed by atoms with Gasteiger partial charge in [-0.25, -0.2) is 0 Å². The van der Waals surface area contributed by atoms with E-state index in [0.717, 1.165) is 15.9 Å². The van der Waals surface area contributed by atoms with Crippen molar-refractivity contribution in [3.63, 3.8) is 0 Å². The van der Waals surface area contributed by atoms with E-state index < -0.39 is 35.2 Å². The van der Waals surface area contributed by atoms with Gasteiger partial charge in [-0.05, 0) is 21.4 Å². The zero-order valence-electron chi connectivity index (χ0n) is 20.5. The monoisotopic (exact) mass is 514 g/mol. The molecule has 0 bridgehead atoms. The molecule has 1 unspecified atom stereocenters. The summed E-state index contributed by atoms with van der Waals surface area (Å²) in [5, 5.41) is 2.23. The predicted octanol–water partition coefficient (Wildman–Crippen LogP) is 3.69. The van der Waals surface area contributed by atoms with Crippen molar-refractivity contribution in [1.82, 2.24) is 0 Å². The standard InChI is InChI=1S/C27H35O6PSi/c1-27(2,3)26(33-35(23-15-9-5-10-16-23)24-17-11-6-12-18-24)25(32-21-34(28,29)30)20-31-19-22-13-7-4-8-14-22/h4-18,25-26,35H,19-21H2,1-3H3,(H2,28,29,30)/t25-,26?/m0/s1. The van der Waals surface area contributed by atoms with Crippen molar-refractivity contribution in [3.05, 3.63) is 96.6 Å². The van der Waals surface area contributed by atoms with Crippen LogP contribution in [0.5, 0.6) is 0 Å². The second kappa shape index (κ2) is 12.7. The molecule has 0 radical (unpaired) electrons. The van der Waals surface area contributed by atoms with Crippen molar-refractivity contribution in [3.8, 4) is 0 Å². The normalized spacial score (nSPS) is 14.1. The maximum atomic E-state index is 11.7. The van der Waals surface area contributed by atoms with Gasteiger partial charge in [0, 0.05) is 0 Å². The first kappa shape index (κ1) is 27.5. The second-order valence-corrected chi connectivity index (χ2v) is 13.6. The molecular weight excluding hydrogens is 479 g/mol. The second-order valence-electron chi connectivity index (χ2n) is 9.62. The van der Waals surface area contributed by atoms with E-state index in [1.54, 1.807) is 0 Å². The molecule has 0 fully saturated rings. The molecule has 3 rings (SSSR count). The molecule has 0 spiro atoms. The van der Waals surface area contributed by atoms with Crippen LogP contribution >= 0.6 is 7.60 Å². The van der Waals surface area contributed by atoms with Crippen LogP contribution in [0.15, 0.2) is 91.0 Å². The average Bonchev–Trinajstić information content (AvgIpc) is 2.83. The highest BCUT2D eigenvalue weighted by Gasteiger charge is 2.38. The quantitative estimate of drug-likeness (QED) is 0.283. The highest BCUT2D eigenvalue weighted by atomic mass is 31.2. The van der Waals surface area contributed by atoms with E-state index in [4.69, 9.17) is 13.9 Å². The first-order valence-corrected chi connectivity index (χ1v) is 15.1. The molecule has 2 N–H and O–H groups in total. The molecule has 3 aromatic rings. The summed E-state index contributed by atoms with van der Waals surface area (Å²) in [7, 11) is -6.53. The highest BCUT2D eigenvalue weighted by molar-refractivity contribution is 7.51. The van der Waals surface area contributed by atoms with Gasteiger partial charge in [0.1, 0.15) is 12.5 Å². The minimum atomic E-state index is -4.37. The molecule has 0 heterocycles. The molecule has 0 aromatic heterocycles. The Morgan fingerprint density at radius 2 is 1.31 bits per heavy atom. The number of ether oxygens (including phenoxy) is 2. The lowest BCUT2D eigenvalue weighted by molar-refractivity contribution is -0.0963. The van der Waals surface area contributed by atoms with Crippen molar-refractivity contribution in [2.24, 2.45) is 5.41 Å². The summed E-state index contributed by atoms with van der Waals surface area (Å²) >= 11 is 0. The zero-order chi connectivity index (χ0) is 25.3. The minimum absolute atomic E-state index is 0.140. The Morgan fingerprint density at radius 1 is 0.829 bits per heavy atom. The zero-order valence-corrected chi connectivity index (χ0v) is 22.5. The van der Waals surface area contributed by atoms with Gasteiger partial charge in [-0.2, -0.15) is 0 Å². The fourth-order valence-electron chi connectivity index (χ4n) is 3.88. The molecule has 35 heavy (non-hydrogen) atoms. The predicted molar refractivity (Wildman–Crippen MR) is 142 cm³/mol. The molecule has 6 nitrogen and oxygen atoms in total. The molecule has 188 valence electrons. The van der Waals surface area contributed by atoms with Crippen LogP contribution in [0.2, 0.25) is 0 Å². The van der Waals surface area contributed by atoms with E-state index in [1.807, 2.05) is 87.5 Å².